The van der Waals surface area contributed by atoms with Gasteiger partial charge in [0.25, 0.3) is 5.89 Å². The van der Waals surface area contributed by atoms with E-state index in [4.69, 9.17) is 10.3 Å². The standard InChI is InChI=1S/C12H14N4O.ClH/c1-8-3-6-14-7-9(8)10-15-11(16-17-10)12(13)4-2-5-12;/h3,6-7H,2,4-5,13H2,1H3;1H. The van der Waals surface area contributed by atoms with Crippen molar-refractivity contribution in [2.24, 2.45) is 5.73 Å². The van der Waals surface area contributed by atoms with Gasteiger partial charge in [-0.05, 0) is 37.8 Å². The Morgan fingerprint density at radius 2 is 2.17 bits per heavy atom. The summed E-state index contributed by atoms with van der Waals surface area (Å²) in [6.45, 7) is 1.99. The summed E-state index contributed by atoms with van der Waals surface area (Å²) < 4.78 is 5.27. The van der Waals surface area contributed by atoms with Gasteiger partial charge in [0.1, 0.15) is 0 Å². The molecule has 0 radical (unpaired) electrons. The number of aromatic nitrogens is 3. The van der Waals surface area contributed by atoms with Crippen LogP contribution in [0.25, 0.3) is 11.5 Å². The second kappa shape index (κ2) is 4.66. The first-order valence-electron chi connectivity index (χ1n) is 5.73. The number of halogens is 1. The van der Waals surface area contributed by atoms with Crippen LogP contribution in [0.3, 0.4) is 0 Å². The molecule has 1 aliphatic rings. The van der Waals surface area contributed by atoms with Gasteiger partial charge in [0, 0.05) is 12.4 Å². The third-order valence-electron chi connectivity index (χ3n) is 3.39. The van der Waals surface area contributed by atoms with Crippen LogP contribution in [-0.2, 0) is 5.54 Å². The van der Waals surface area contributed by atoms with Crippen LogP contribution in [0.15, 0.2) is 23.0 Å². The van der Waals surface area contributed by atoms with Gasteiger partial charge in [-0.15, -0.1) is 12.4 Å². The summed E-state index contributed by atoms with van der Waals surface area (Å²) in [6, 6.07) is 1.92. The zero-order valence-electron chi connectivity index (χ0n) is 10.1. The molecule has 1 fully saturated rings. The molecule has 0 spiro atoms. The van der Waals surface area contributed by atoms with Crippen LogP contribution >= 0.6 is 12.4 Å². The Bertz CT molecular complexity index is 551. The summed E-state index contributed by atoms with van der Waals surface area (Å²) >= 11 is 0. The molecule has 0 aromatic carbocycles. The van der Waals surface area contributed by atoms with Crippen molar-refractivity contribution in [2.45, 2.75) is 31.7 Å². The number of nitrogens with zero attached hydrogens (tertiary/aromatic N) is 3. The molecule has 0 bridgehead atoms. The van der Waals surface area contributed by atoms with Crippen molar-refractivity contribution >= 4 is 12.4 Å². The fraction of sp³-hybridized carbons (Fsp3) is 0.417. The van der Waals surface area contributed by atoms with Gasteiger partial charge in [0.2, 0.25) is 0 Å². The number of aryl methyl sites for hydroxylation is 1. The van der Waals surface area contributed by atoms with Crippen molar-refractivity contribution < 1.29 is 4.52 Å². The maximum atomic E-state index is 6.15. The molecule has 2 aromatic heterocycles. The van der Waals surface area contributed by atoms with Gasteiger partial charge in [0.05, 0.1) is 11.1 Å². The molecule has 0 amide bonds. The highest BCUT2D eigenvalue weighted by Gasteiger charge is 2.39. The molecule has 5 nitrogen and oxygen atoms in total. The molecule has 1 aliphatic carbocycles. The Morgan fingerprint density at radius 1 is 1.39 bits per heavy atom. The predicted molar refractivity (Wildman–Crippen MR) is 69.2 cm³/mol. The summed E-state index contributed by atoms with van der Waals surface area (Å²) in [5, 5.41) is 3.99. The zero-order chi connectivity index (χ0) is 11.9. The minimum absolute atomic E-state index is 0. The third kappa shape index (κ3) is 2.00. The second-order valence-electron chi connectivity index (χ2n) is 4.62. The highest BCUT2D eigenvalue weighted by molar-refractivity contribution is 5.85. The van der Waals surface area contributed by atoms with E-state index in [0.717, 1.165) is 30.4 Å². The van der Waals surface area contributed by atoms with Crippen LogP contribution < -0.4 is 5.73 Å². The largest absolute Gasteiger partial charge is 0.334 e. The fourth-order valence-corrected chi connectivity index (χ4v) is 2.00. The Hall–Kier alpha value is -1.46. The molecule has 3 rings (SSSR count). The molecule has 2 N–H and O–H groups in total. The van der Waals surface area contributed by atoms with E-state index in [1.54, 1.807) is 12.4 Å². The van der Waals surface area contributed by atoms with Gasteiger partial charge in [-0.2, -0.15) is 4.98 Å². The Labute approximate surface area is 111 Å². The van der Waals surface area contributed by atoms with E-state index in [1.165, 1.54) is 0 Å². The fourth-order valence-electron chi connectivity index (χ4n) is 2.00. The van der Waals surface area contributed by atoms with Crippen molar-refractivity contribution in [1.29, 1.82) is 0 Å². The van der Waals surface area contributed by atoms with E-state index < -0.39 is 0 Å². The summed E-state index contributed by atoms with van der Waals surface area (Å²) in [5.41, 5.74) is 7.71. The van der Waals surface area contributed by atoms with E-state index in [9.17, 15) is 0 Å². The molecule has 2 heterocycles. The number of nitrogens with two attached hydrogens (primary N) is 1. The Balaban J connectivity index is 0.00000120. The predicted octanol–water partition coefficient (Wildman–Crippen LogP) is 2.20. The molecule has 6 heteroatoms. The Morgan fingerprint density at radius 3 is 2.78 bits per heavy atom. The van der Waals surface area contributed by atoms with E-state index in [1.807, 2.05) is 13.0 Å². The third-order valence-corrected chi connectivity index (χ3v) is 3.39. The average molecular weight is 267 g/mol. The van der Waals surface area contributed by atoms with Crippen molar-refractivity contribution in [3.05, 3.63) is 29.8 Å². The van der Waals surface area contributed by atoms with Crippen molar-refractivity contribution in [3.63, 3.8) is 0 Å². The first-order valence-corrected chi connectivity index (χ1v) is 5.73. The van der Waals surface area contributed by atoms with E-state index in [0.29, 0.717) is 11.7 Å². The van der Waals surface area contributed by atoms with Gasteiger partial charge in [-0.3, -0.25) is 4.98 Å². The van der Waals surface area contributed by atoms with Crippen molar-refractivity contribution in [1.82, 2.24) is 15.1 Å². The molecule has 18 heavy (non-hydrogen) atoms. The van der Waals surface area contributed by atoms with E-state index >= 15 is 0 Å². The number of rotatable bonds is 2. The maximum Gasteiger partial charge on any atom is 0.259 e. The number of hydrogen-bond donors (Lipinski definition) is 1. The zero-order valence-corrected chi connectivity index (χ0v) is 10.9. The normalized spacial score (nSPS) is 16.8. The molecule has 0 unspecified atom stereocenters. The topological polar surface area (TPSA) is 77.8 Å². The number of hydrogen-bond acceptors (Lipinski definition) is 5. The van der Waals surface area contributed by atoms with E-state index in [-0.39, 0.29) is 17.9 Å². The molecular weight excluding hydrogens is 252 g/mol. The minimum Gasteiger partial charge on any atom is -0.334 e. The van der Waals surface area contributed by atoms with Crippen LogP contribution in [0.1, 0.15) is 30.7 Å². The first-order chi connectivity index (χ1) is 8.19. The van der Waals surface area contributed by atoms with Gasteiger partial charge in [0.15, 0.2) is 5.82 Å². The lowest BCUT2D eigenvalue weighted by Crippen LogP contribution is -2.44. The first kappa shape index (κ1) is 13.0. The lowest BCUT2D eigenvalue weighted by atomic mass is 9.77. The van der Waals surface area contributed by atoms with Crippen LogP contribution in [0, 0.1) is 6.92 Å². The second-order valence-corrected chi connectivity index (χ2v) is 4.62. The summed E-state index contributed by atoms with van der Waals surface area (Å²) in [7, 11) is 0. The highest BCUT2D eigenvalue weighted by atomic mass is 35.5. The minimum atomic E-state index is -0.377. The van der Waals surface area contributed by atoms with Gasteiger partial charge in [-0.1, -0.05) is 5.16 Å². The average Bonchev–Trinajstić information content (AvgIpc) is 2.76. The molecule has 96 valence electrons. The maximum absolute atomic E-state index is 6.15. The molecular formula is C12H15ClN4O. The van der Waals surface area contributed by atoms with Crippen molar-refractivity contribution in [3.8, 4) is 11.5 Å². The molecule has 0 aliphatic heterocycles. The molecule has 1 saturated carbocycles. The van der Waals surface area contributed by atoms with Crippen LogP contribution in [-0.4, -0.2) is 15.1 Å². The molecule has 0 atom stereocenters. The highest BCUT2D eigenvalue weighted by Crippen LogP contribution is 2.37. The monoisotopic (exact) mass is 266 g/mol. The number of pyridine rings is 1. The lowest BCUT2D eigenvalue weighted by Gasteiger charge is -2.34. The lowest BCUT2D eigenvalue weighted by molar-refractivity contribution is 0.229. The van der Waals surface area contributed by atoms with Gasteiger partial charge >= 0.3 is 0 Å². The van der Waals surface area contributed by atoms with E-state index in [2.05, 4.69) is 15.1 Å². The van der Waals surface area contributed by atoms with Crippen LogP contribution in [0.5, 0.6) is 0 Å². The van der Waals surface area contributed by atoms with Crippen LogP contribution in [0.2, 0.25) is 0 Å². The summed E-state index contributed by atoms with van der Waals surface area (Å²) in [5.74, 6) is 1.12. The van der Waals surface area contributed by atoms with Crippen molar-refractivity contribution in [2.75, 3.05) is 0 Å². The molecule has 2 aromatic rings. The SMILES string of the molecule is Cc1ccncc1-c1nc(C2(N)CCC2)no1.Cl. The van der Waals surface area contributed by atoms with Crippen LogP contribution in [0.4, 0.5) is 0 Å². The van der Waals surface area contributed by atoms with Gasteiger partial charge in [-0.25, -0.2) is 0 Å². The quantitative estimate of drug-likeness (QED) is 0.902. The Kier molecular flexibility index (Phi) is 3.36. The smallest absolute Gasteiger partial charge is 0.259 e. The summed E-state index contributed by atoms with van der Waals surface area (Å²) in [4.78, 5) is 8.46. The van der Waals surface area contributed by atoms with Gasteiger partial charge < -0.3 is 10.3 Å². The summed E-state index contributed by atoms with van der Waals surface area (Å²) in [6.07, 6.45) is 6.46. The molecule has 0 saturated heterocycles.